The van der Waals surface area contributed by atoms with Crippen LogP contribution < -0.4 is 14.4 Å². The molecule has 0 aliphatic rings. The van der Waals surface area contributed by atoms with Crippen molar-refractivity contribution in [2.45, 2.75) is 31.2 Å². The van der Waals surface area contributed by atoms with E-state index in [1.807, 2.05) is 30.3 Å². The van der Waals surface area contributed by atoms with E-state index in [2.05, 4.69) is 5.32 Å². The molecule has 0 fully saturated rings. The summed E-state index contributed by atoms with van der Waals surface area (Å²) in [6.45, 7) is 3.64. The van der Waals surface area contributed by atoms with E-state index in [1.165, 1.54) is 24.1 Å². The van der Waals surface area contributed by atoms with Gasteiger partial charge in [-0.3, -0.25) is 13.9 Å². The first-order chi connectivity index (χ1) is 17.8. The minimum atomic E-state index is -4.10. The van der Waals surface area contributed by atoms with E-state index in [0.29, 0.717) is 18.7 Å². The lowest BCUT2D eigenvalue weighted by Gasteiger charge is -2.32. The van der Waals surface area contributed by atoms with Crippen molar-refractivity contribution >= 4 is 27.5 Å². The maximum atomic E-state index is 13.7. The number of anilines is 1. The first-order valence-corrected chi connectivity index (χ1v) is 13.5. The molecule has 0 aromatic heterocycles. The summed E-state index contributed by atoms with van der Waals surface area (Å²) >= 11 is 0. The highest BCUT2D eigenvalue weighted by Gasteiger charge is 2.32. The quantitative estimate of drug-likeness (QED) is 0.392. The summed E-state index contributed by atoms with van der Waals surface area (Å²) in [6.07, 6.45) is 0.515. The number of likely N-dealkylation sites (N-methyl/N-ethyl adjacent to an activating group) is 1. The Balaban J connectivity index is 1.98. The molecule has 1 atom stereocenters. The average Bonchev–Trinajstić information content (AvgIpc) is 2.92. The largest absolute Gasteiger partial charge is 0.497 e. The third-order valence-electron chi connectivity index (χ3n) is 5.95. The number of carbonyl (C=O) groups is 2. The fourth-order valence-electron chi connectivity index (χ4n) is 3.91. The zero-order chi connectivity index (χ0) is 26.8. The number of amides is 2. The molecule has 196 valence electrons. The Morgan fingerprint density at radius 1 is 0.946 bits per heavy atom. The van der Waals surface area contributed by atoms with Crippen molar-refractivity contribution in [1.29, 1.82) is 0 Å². The molecule has 0 saturated heterocycles. The number of benzene rings is 3. The van der Waals surface area contributed by atoms with Crippen LogP contribution in [-0.2, 0) is 26.0 Å². The fourth-order valence-corrected chi connectivity index (χ4v) is 5.33. The molecule has 0 spiro atoms. The summed E-state index contributed by atoms with van der Waals surface area (Å²) in [7, 11) is -2.62. The van der Waals surface area contributed by atoms with Gasteiger partial charge in [-0.2, -0.15) is 0 Å². The maximum absolute atomic E-state index is 13.7. The lowest BCUT2D eigenvalue weighted by Crippen LogP contribution is -2.52. The zero-order valence-electron chi connectivity index (χ0n) is 21.3. The van der Waals surface area contributed by atoms with Crippen LogP contribution >= 0.6 is 0 Å². The van der Waals surface area contributed by atoms with Gasteiger partial charge < -0.3 is 15.0 Å². The number of nitrogens with zero attached hydrogens (tertiary/aromatic N) is 2. The molecule has 3 aromatic rings. The van der Waals surface area contributed by atoms with Crippen molar-refractivity contribution < 1.29 is 22.7 Å². The van der Waals surface area contributed by atoms with Gasteiger partial charge in [0.05, 0.1) is 17.7 Å². The second kappa shape index (κ2) is 12.9. The Kier molecular flexibility index (Phi) is 9.68. The lowest BCUT2D eigenvalue weighted by molar-refractivity contribution is -0.138. The van der Waals surface area contributed by atoms with Crippen molar-refractivity contribution in [3.63, 3.8) is 0 Å². The third kappa shape index (κ3) is 7.10. The molecule has 3 rings (SSSR count). The molecule has 9 heteroatoms. The van der Waals surface area contributed by atoms with Crippen LogP contribution in [-0.4, -0.2) is 57.9 Å². The number of nitrogens with one attached hydrogen (secondary N) is 1. The number of sulfonamides is 1. The second-order valence-corrected chi connectivity index (χ2v) is 10.3. The molecule has 37 heavy (non-hydrogen) atoms. The molecule has 0 bridgehead atoms. The molecule has 8 nitrogen and oxygen atoms in total. The van der Waals surface area contributed by atoms with Gasteiger partial charge in [-0.15, -0.1) is 0 Å². The highest BCUT2D eigenvalue weighted by molar-refractivity contribution is 7.92. The van der Waals surface area contributed by atoms with Gasteiger partial charge in [0.15, 0.2) is 0 Å². The van der Waals surface area contributed by atoms with Crippen molar-refractivity contribution in [3.8, 4) is 5.75 Å². The standard InChI is InChI=1S/C28H33N3O5S/c1-4-29-28(33)22(2)30(19-18-23-12-7-5-8-13-23)27(32)21-31(24-14-11-15-25(20-24)36-3)37(34,35)26-16-9-6-10-17-26/h5-17,20,22H,4,18-19,21H2,1-3H3,(H,29,33). The van der Waals surface area contributed by atoms with E-state index in [1.54, 1.807) is 56.3 Å². The molecule has 0 radical (unpaired) electrons. The molecule has 0 aliphatic heterocycles. The summed E-state index contributed by atoms with van der Waals surface area (Å²) < 4.78 is 33.8. The van der Waals surface area contributed by atoms with E-state index < -0.39 is 28.5 Å². The normalized spacial score (nSPS) is 11.9. The summed E-state index contributed by atoms with van der Waals surface area (Å²) in [5, 5.41) is 2.75. The number of rotatable bonds is 12. The van der Waals surface area contributed by atoms with Crippen LogP contribution in [0.25, 0.3) is 0 Å². The smallest absolute Gasteiger partial charge is 0.264 e. The molecule has 2 amide bonds. The Hall–Kier alpha value is -3.85. The monoisotopic (exact) mass is 523 g/mol. The Labute approximate surface area is 218 Å². The van der Waals surface area contributed by atoms with E-state index in [0.717, 1.165) is 9.87 Å². The number of hydrogen-bond donors (Lipinski definition) is 1. The number of ether oxygens (including phenoxy) is 1. The first kappa shape index (κ1) is 27.7. The van der Waals surface area contributed by atoms with Crippen LogP contribution in [0.4, 0.5) is 5.69 Å². The molecule has 1 N–H and O–H groups in total. The van der Waals surface area contributed by atoms with Crippen molar-refractivity contribution in [2.75, 3.05) is 31.0 Å². The van der Waals surface area contributed by atoms with E-state index in [-0.39, 0.29) is 23.0 Å². The minimum Gasteiger partial charge on any atom is -0.497 e. The van der Waals surface area contributed by atoms with Crippen molar-refractivity contribution in [1.82, 2.24) is 10.2 Å². The molecule has 3 aromatic carbocycles. The fraction of sp³-hybridized carbons (Fsp3) is 0.286. The predicted molar refractivity (Wildman–Crippen MR) is 144 cm³/mol. The molecule has 0 aliphatic carbocycles. The van der Waals surface area contributed by atoms with Gasteiger partial charge in [-0.1, -0.05) is 54.6 Å². The minimum absolute atomic E-state index is 0.0539. The SMILES string of the molecule is CCNC(=O)C(C)N(CCc1ccccc1)C(=O)CN(c1cccc(OC)c1)S(=O)(=O)c1ccccc1. The van der Waals surface area contributed by atoms with Crippen molar-refractivity contribution in [2.24, 2.45) is 0 Å². The number of hydrogen-bond acceptors (Lipinski definition) is 5. The van der Waals surface area contributed by atoms with Crippen LogP contribution in [0.5, 0.6) is 5.75 Å². The Bertz CT molecular complexity index is 1280. The van der Waals surface area contributed by atoms with Crippen LogP contribution in [0.3, 0.4) is 0 Å². The molecular weight excluding hydrogens is 490 g/mol. The zero-order valence-corrected chi connectivity index (χ0v) is 22.1. The lowest BCUT2D eigenvalue weighted by atomic mass is 10.1. The van der Waals surface area contributed by atoms with Gasteiger partial charge in [0.1, 0.15) is 18.3 Å². The molecule has 1 unspecified atom stereocenters. The van der Waals surface area contributed by atoms with Gasteiger partial charge in [-0.05, 0) is 50.1 Å². The van der Waals surface area contributed by atoms with E-state index in [9.17, 15) is 18.0 Å². The average molecular weight is 524 g/mol. The summed E-state index contributed by atoms with van der Waals surface area (Å²) in [5.74, 6) is -0.338. The van der Waals surface area contributed by atoms with Crippen LogP contribution in [0.2, 0.25) is 0 Å². The second-order valence-electron chi connectivity index (χ2n) is 8.42. The van der Waals surface area contributed by atoms with E-state index >= 15 is 0 Å². The highest BCUT2D eigenvalue weighted by atomic mass is 32.2. The van der Waals surface area contributed by atoms with Gasteiger partial charge in [0.25, 0.3) is 10.0 Å². The highest BCUT2D eigenvalue weighted by Crippen LogP contribution is 2.27. The first-order valence-electron chi connectivity index (χ1n) is 12.1. The summed E-state index contributed by atoms with van der Waals surface area (Å²) in [5.41, 5.74) is 1.29. The molecule has 0 saturated carbocycles. The third-order valence-corrected chi connectivity index (χ3v) is 7.74. The van der Waals surface area contributed by atoms with Crippen molar-refractivity contribution in [3.05, 3.63) is 90.5 Å². The Morgan fingerprint density at radius 3 is 2.22 bits per heavy atom. The molecular formula is C28H33N3O5S. The molecule has 0 heterocycles. The maximum Gasteiger partial charge on any atom is 0.264 e. The number of carbonyl (C=O) groups excluding carboxylic acids is 2. The van der Waals surface area contributed by atoms with Gasteiger partial charge in [-0.25, -0.2) is 8.42 Å². The van der Waals surface area contributed by atoms with E-state index in [4.69, 9.17) is 4.74 Å². The topological polar surface area (TPSA) is 96.0 Å². The van der Waals surface area contributed by atoms with Crippen LogP contribution in [0, 0.1) is 0 Å². The van der Waals surface area contributed by atoms with Gasteiger partial charge in [0, 0.05) is 19.2 Å². The van der Waals surface area contributed by atoms with Gasteiger partial charge in [0.2, 0.25) is 11.8 Å². The summed E-state index contributed by atoms with van der Waals surface area (Å²) in [6, 6.07) is 23.3. The van der Waals surface area contributed by atoms with Gasteiger partial charge >= 0.3 is 0 Å². The van der Waals surface area contributed by atoms with Crippen LogP contribution in [0.15, 0.2) is 89.8 Å². The Morgan fingerprint density at radius 2 is 1.59 bits per heavy atom. The van der Waals surface area contributed by atoms with Crippen LogP contribution in [0.1, 0.15) is 19.4 Å². The summed E-state index contributed by atoms with van der Waals surface area (Å²) in [4.78, 5) is 27.9. The predicted octanol–water partition coefficient (Wildman–Crippen LogP) is 3.49. The number of methoxy groups -OCH3 is 1.